The summed E-state index contributed by atoms with van der Waals surface area (Å²) >= 11 is 0. The molecule has 2 rings (SSSR count). The smallest absolute Gasteiger partial charge is 0.486 e. The highest BCUT2D eigenvalue weighted by molar-refractivity contribution is 7.48. The molecule has 0 fully saturated rings. The van der Waals surface area contributed by atoms with Crippen LogP contribution in [0.3, 0.4) is 0 Å². The van der Waals surface area contributed by atoms with E-state index in [2.05, 4.69) is 0 Å². The van der Waals surface area contributed by atoms with Crippen molar-refractivity contribution in [2.24, 2.45) is 0 Å². The number of phosphoric acid groups is 1. The second-order valence-corrected chi connectivity index (χ2v) is 8.90. The summed E-state index contributed by atoms with van der Waals surface area (Å²) in [7, 11) is -3.92. The lowest BCUT2D eigenvalue weighted by Gasteiger charge is -2.34. The first-order valence-electron chi connectivity index (χ1n) is 9.47. The lowest BCUT2D eigenvalue weighted by atomic mass is 10.2. The van der Waals surface area contributed by atoms with Crippen molar-refractivity contribution < 1.29 is 37.2 Å². The van der Waals surface area contributed by atoms with E-state index in [0.29, 0.717) is 6.42 Å². The molecule has 0 aliphatic carbocycles. The maximum atomic E-state index is 12.7. The summed E-state index contributed by atoms with van der Waals surface area (Å²) in [4.78, 5) is 27.6. The molecule has 2 aliphatic rings. The number of hydrogen-bond acceptors (Lipinski definition) is 8. The number of phosphoric ester groups is 1. The number of ether oxygens (including phenoxy) is 2. The summed E-state index contributed by atoms with van der Waals surface area (Å²) in [6, 6.07) is -0.377. The monoisotopic (exact) mass is 432 g/mol. The van der Waals surface area contributed by atoms with Gasteiger partial charge in [-0.1, -0.05) is 6.08 Å². The molecule has 0 saturated carbocycles. The van der Waals surface area contributed by atoms with Gasteiger partial charge in [0.25, 0.3) is 5.91 Å². The van der Waals surface area contributed by atoms with E-state index in [1.165, 1.54) is 16.1 Å². The Balaban J connectivity index is 2.15. The van der Waals surface area contributed by atoms with Crippen molar-refractivity contribution in [3.8, 4) is 0 Å². The Labute approximate surface area is 171 Å². The molecular weight excluding hydrogens is 403 g/mol. The van der Waals surface area contributed by atoms with Crippen LogP contribution in [0.2, 0.25) is 0 Å². The summed E-state index contributed by atoms with van der Waals surface area (Å²) in [5, 5.41) is 0. The van der Waals surface area contributed by atoms with Gasteiger partial charge in [-0.25, -0.2) is 9.36 Å². The first-order valence-corrected chi connectivity index (χ1v) is 10.9. The maximum absolute atomic E-state index is 12.7. The molecule has 0 aromatic carbocycles. The maximum Gasteiger partial charge on any atom is 0.531 e. The van der Waals surface area contributed by atoms with E-state index in [4.69, 9.17) is 23.0 Å². The van der Waals surface area contributed by atoms with Crippen molar-refractivity contribution in [1.82, 2.24) is 9.80 Å². The molecule has 0 unspecified atom stereocenters. The van der Waals surface area contributed by atoms with E-state index < -0.39 is 25.4 Å². The number of nitrogens with zero attached hydrogens (tertiary/aromatic N) is 2. The van der Waals surface area contributed by atoms with E-state index in [1.54, 1.807) is 40.8 Å². The zero-order valence-corrected chi connectivity index (χ0v) is 18.3. The fourth-order valence-corrected chi connectivity index (χ4v) is 3.88. The summed E-state index contributed by atoms with van der Waals surface area (Å²) < 4.78 is 38.9. The highest BCUT2D eigenvalue weighted by Gasteiger charge is 2.38. The molecule has 2 amide bonds. The largest absolute Gasteiger partial charge is 0.531 e. The quantitative estimate of drug-likeness (QED) is 0.538. The Morgan fingerprint density at radius 1 is 1.28 bits per heavy atom. The predicted molar refractivity (Wildman–Crippen MR) is 103 cm³/mol. The van der Waals surface area contributed by atoms with Crippen molar-refractivity contribution in [1.29, 1.82) is 0 Å². The molecule has 0 N–H and O–H groups in total. The van der Waals surface area contributed by atoms with Crippen molar-refractivity contribution >= 4 is 19.8 Å². The molecule has 0 radical (unpaired) electrons. The van der Waals surface area contributed by atoms with Crippen LogP contribution in [0, 0.1) is 0 Å². The third-order valence-corrected chi connectivity index (χ3v) is 5.36. The van der Waals surface area contributed by atoms with Gasteiger partial charge in [-0.2, -0.15) is 0 Å². The van der Waals surface area contributed by atoms with Gasteiger partial charge in [-0.05, 0) is 41.0 Å². The molecule has 10 nitrogen and oxygen atoms in total. The molecule has 1 atom stereocenters. The third kappa shape index (κ3) is 6.48. The van der Waals surface area contributed by atoms with Crippen LogP contribution in [0.1, 0.15) is 41.0 Å². The van der Waals surface area contributed by atoms with Crippen LogP contribution in [-0.4, -0.2) is 59.8 Å². The Kier molecular flexibility index (Phi) is 7.73. The lowest BCUT2D eigenvalue weighted by molar-refractivity contribution is -0.137. The van der Waals surface area contributed by atoms with Gasteiger partial charge in [0, 0.05) is 6.20 Å². The van der Waals surface area contributed by atoms with Gasteiger partial charge >= 0.3 is 13.9 Å². The van der Waals surface area contributed by atoms with Crippen LogP contribution < -0.4 is 0 Å². The van der Waals surface area contributed by atoms with Gasteiger partial charge in [0.1, 0.15) is 11.9 Å². The standard InChI is InChI=1S/C18H29N2O8P/c1-6-25-29(23,26-7-2)28-16-13-24-12-15(21)20(16)11-14-9-8-10-19(14)17(22)27-18(3,4)5/h8,10,13-14H,6-7,9,11-12H2,1-5H3/t14-/m0/s1. The number of carbonyl (C=O) groups excluding carboxylic acids is 2. The van der Waals surface area contributed by atoms with Crippen LogP contribution in [-0.2, 0) is 32.4 Å². The number of amides is 2. The van der Waals surface area contributed by atoms with Crippen molar-refractivity contribution in [3.63, 3.8) is 0 Å². The van der Waals surface area contributed by atoms with Gasteiger partial charge in [-0.15, -0.1) is 0 Å². The summed E-state index contributed by atoms with van der Waals surface area (Å²) in [5.74, 6) is -0.499. The van der Waals surface area contributed by atoms with Crippen LogP contribution in [0.4, 0.5) is 4.79 Å². The molecule has 0 aromatic rings. The summed E-state index contributed by atoms with van der Waals surface area (Å²) in [6.07, 6.45) is 4.63. The minimum Gasteiger partial charge on any atom is -0.486 e. The van der Waals surface area contributed by atoms with Gasteiger partial charge in [0.05, 0.1) is 25.8 Å². The van der Waals surface area contributed by atoms with Gasteiger partial charge in [0.2, 0.25) is 5.88 Å². The first kappa shape index (κ1) is 23.3. The number of carbonyl (C=O) groups is 2. The molecule has 0 saturated heterocycles. The Bertz CT molecular complexity index is 705. The fraction of sp³-hybridized carbons (Fsp3) is 0.667. The fourth-order valence-electron chi connectivity index (χ4n) is 2.70. The highest BCUT2D eigenvalue weighted by Crippen LogP contribution is 2.51. The molecule has 2 aliphatic heterocycles. The molecule has 164 valence electrons. The minimum atomic E-state index is -3.92. The van der Waals surface area contributed by atoms with Gasteiger partial charge < -0.3 is 14.0 Å². The summed E-state index contributed by atoms with van der Waals surface area (Å²) in [6.45, 7) is 8.71. The highest BCUT2D eigenvalue weighted by atomic mass is 31.2. The topological polar surface area (TPSA) is 104 Å². The lowest BCUT2D eigenvalue weighted by Crippen LogP contribution is -2.47. The zero-order valence-electron chi connectivity index (χ0n) is 17.5. The van der Waals surface area contributed by atoms with Crippen molar-refractivity contribution in [3.05, 3.63) is 24.4 Å². The zero-order chi connectivity index (χ0) is 21.7. The minimum absolute atomic E-state index is 0.0949. The first-order chi connectivity index (χ1) is 13.6. The molecule has 0 bridgehead atoms. The predicted octanol–water partition coefficient (Wildman–Crippen LogP) is 3.36. The van der Waals surface area contributed by atoms with Crippen molar-refractivity contribution in [2.75, 3.05) is 26.4 Å². The van der Waals surface area contributed by atoms with Crippen LogP contribution in [0.15, 0.2) is 24.4 Å². The van der Waals surface area contributed by atoms with Crippen LogP contribution in [0.5, 0.6) is 0 Å². The Morgan fingerprint density at radius 2 is 1.93 bits per heavy atom. The summed E-state index contributed by atoms with van der Waals surface area (Å²) in [5.41, 5.74) is -0.650. The second kappa shape index (κ2) is 9.65. The van der Waals surface area contributed by atoms with E-state index in [-0.39, 0.29) is 38.3 Å². The number of rotatable bonds is 8. The van der Waals surface area contributed by atoms with Gasteiger partial charge in [-0.3, -0.25) is 23.6 Å². The van der Waals surface area contributed by atoms with E-state index in [0.717, 1.165) is 0 Å². The molecule has 29 heavy (non-hydrogen) atoms. The molecule has 2 heterocycles. The van der Waals surface area contributed by atoms with Crippen LogP contribution in [0.25, 0.3) is 0 Å². The normalized spacial score (nSPS) is 19.8. The van der Waals surface area contributed by atoms with E-state index in [9.17, 15) is 14.2 Å². The molecule has 11 heteroatoms. The SMILES string of the molecule is CCOP(=O)(OCC)OC1=COCC(=O)N1C[C@@H]1CC=CN1C(=O)OC(C)(C)C. The Hall–Kier alpha value is -2.03. The van der Waals surface area contributed by atoms with E-state index >= 15 is 0 Å². The Morgan fingerprint density at radius 3 is 2.52 bits per heavy atom. The molecular formula is C18H29N2O8P. The van der Waals surface area contributed by atoms with Gasteiger partial charge in [0.15, 0.2) is 6.61 Å². The average Bonchev–Trinajstić information content (AvgIpc) is 3.05. The third-order valence-electron chi connectivity index (χ3n) is 3.80. The van der Waals surface area contributed by atoms with E-state index in [1.807, 2.05) is 6.08 Å². The average molecular weight is 432 g/mol. The van der Waals surface area contributed by atoms with Crippen molar-refractivity contribution in [2.45, 2.75) is 52.7 Å². The number of hydrogen-bond donors (Lipinski definition) is 0. The molecule has 0 spiro atoms. The van der Waals surface area contributed by atoms with Crippen LogP contribution >= 0.6 is 7.82 Å². The second-order valence-electron chi connectivity index (χ2n) is 7.31. The molecule has 0 aromatic heterocycles.